The summed E-state index contributed by atoms with van der Waals surface area (Å²) in [5.74, 6) is 0.494. The van der Waals surface area contributed by atoms with Gasteiger partial charge in [0, 0.05) is 11.8 Å². The highest BCUT2D eigenvalue weighted by Crippen LogP contribution is 2.35. The molecule has 8 nitrogen and oxygen atoms in total. The molecule has 0 aromatic heterocycles. The van der Waals surface area contributed by atoms with Crippen LogP contribution in [0.5, 0.6) is 17.2 Å². The number of carbonyl (C=O) groups is 1. The molecule has 0 saturated heterocycles. The van der Waals surface area contributed by atoms with Gasteiger partial charge in [-0.05, 0) is 29.8 Å². The lowest BCUT2D eigenvalue weighted by Gasteiger charge is -2.12. The van der Waals surface area contributed by atoms with Crippen LogP contribution in [0, 0.1) is 10.1 Å². The maximum absolute atomic E-state index is 12.8. The van der Waals surface area contributed by atoms with E-state index in [0.29, 0.717) is 18.0 Å². The van der Waals surface area contributed by atoms with Gasteiger partial charge in [0.1, 0.15) is 24.5 Å². The molecular formula is C23H21ClN2O6. The first-order valence-electron chi connectivity index (χ1n) is 9.65. The van der Waals surface area contributed by atoms with E-state index >= 15 is 0 Å². The van der Waals surface area contributed by atoms with Gasteiger partial charge >= 0.3 is 0 Å². The summed E-state index contributed by atoms with van der Waals surface area (Å²) in [4.78, 5) is 23.6. The van der Waals surface area contributed by atoms with E-state index in [1.807, 2.05) is 30.3 Å². The lowest BCUT2D eigenvalue weighted by atomic mass is 10.1. The number of nitro groups is 1. The highest BCUT2D eigenvalue weighted by molar-refractivity contribution is 6.18. The Morgan fingerprint density at radius 2 is 1.75 bits per heavy atom. The van der Waals surface area contributed by atoms with Crippen molar-refractivity contribution in [3.63, 3.8) is 0 Å². The van der Waals surface area contributed by atoms with E-state index in [9.17, 15) is 14.9 Å². The molecule has 0 unspecified atom stereocenters. The van der Waals surface area contributed by atoms with Crippen LogP contribution >= 0.6 is 11.6 Å². The van der Waals surface area contributed by atoms with Crippen LogP contribution in [0.25, 0.3) is 0 Å². The second kappa shape index (κ2) is 11.0. The van der Waals surface area contributed by atoms with Crippen molar-refractivity contribution in [3.05, 3.63) is 88.0 Å². The average Bonchev–Trinajstić information content (AvgIpc) is 2.82. The van der Waals surface area contributed by atoms with E-state index in [2.05, 4.69) is 5.32 Å². The van der Waals surface area contributed by atoms with Crippen LogP contribution in [0.1, 0.15) is 15.9 Å². The summed E-state index contributed by atoms with van der Waals surface area (Å²) in [6, 6.07) is 18.9. The Bertz CT molecular complexity index is 1070. The van der Waals surface area contributed by atoms with Crippen molar-refractivity contribution >= 4 is 28.9 Å². The predicted octanol–water partition coefficient (Wildman–Crippen LogP) is 5.05. The fraction of sp³-hybridized carbons (Fsp3) is 0.174. The molecule has 0 aliphatic carbocycles. The van der Waals surface area contributed by atoms with Gasteiger partial charge in [-0.2, -0.15) is 0 Å². The van der Waals surface area contributed by atoms with Crippen LogP contribution in [0.4, 0.5) is 11.4 Å². The Morgan fingerprint density at radius 3 is 2.38 bits per heavy atom. The van der Waals surface area contributed by atoms with E-state index in [0.717, 1.165) is 11.6 Å². The Morgan fingerprint density at radius 1 is 1.03 bits per heavy atom. The lowest BCUT2D eigenvalue weighted by Crippen LogP contribution is -2.14. The third kappa shape index (κ3) is 5.89. The number of alkyl halides is 1. The summed E-state index contributed by atoms with van der Waals surface area (Å²) in [6.07, 6.45) is 0. The number of hydrogen-bond donors (Lipinski definition) is 1. The summed E-state index contributed by atoms with van der Waals surface area (Å²) in [5.41, 5.74) is 0.924. The first kappa shape index (κ1) is 22.9. The summed E-state index contributed by atoms with van der Waals surface area (Å²) >= 11 is 5.61. The molecule has 32 heavy (non-hydrogen) atoms. The summed E-state index contributed by atoms with van der Waals surface area (Å²) in [5, 5.41) is 14.2. The Hall–Kier alpha value is -3.78. The molecule has 0 fully saturated rings. The van der Waals surface area contributed by atoms with Crippen molar-refractivity contribution in [3.8, 4) is 17.2 Å². The van der Waals surface area contributed by atoms with Gasteiger partial charge in [0.15, 0.2) is 11.5 Å². The van der Waals surface area contributed by atoms with Crippen molar-refractivity contribution in [1.82, 2.24) is 0 Å². The molecule has 0 saturated carbocycles. The smallest absolute Gasteiger partial charge is 0.286 e. The number of nitrogens with zero attached hydrogens (tertiary/aromatic N) is 1. The SMILES string of the molecule is COc1cc(C(=O)Nc2ccc(OCc3ccccc3)cc2)c([N+](=O)[O-])cc1OCCCl. The normalized spacial score (nSPS) is 10.3. The number of amides is 1. The van der Waals surface area contributed by atoms with E-state index < -0.39 is 16.5 Å². The summed E-state index contributed by atoms with van der Waals surface area (Å²) < 4.78 is 16.3. The number of methoxy groups -OCH3 is 1. The maximum atomic E-state index is 12.8. The molecule has 0 aliphatic rings. The van der Waals surface area contributed by atoms with Gasteiger partial charge in [-0.25, -0.2) is 0 Å². The molecular weight excluding hydrogens is 436 g/mol. The van der Waals surface area contributed by atoms with Gasteiger partial charge in [0.2, 0.25) is 0 Å². The molecule has 1 amide bonds. The largest absolute Gasteiger partial charge is 0.493 e. The van der Waals surface area contributed by atoms with Crippen molar-refractivity contribution in [2.24, 2.45) is 0 Å². The number of benzene rings is 3. The fourth-order valence-electron chi connectivity index (χ4n) is 2.88. The Kier molecular flexibility index (Phi) is 7.88. The lowest BCUT2D eigenvalue weighted by molar-refractivity contribution is -0.385. The number of hydrogen-bond acceptors (Lipinski definition) is 6. The number of nitro benzene ring substituents is 1. The number of carbonyl (C=O) groups excluding carboxylic acids is 1. The van der Waals surface area contributed by atoms with Crippen molar-refractivity contribution < 1.29 is 23.9 Å². The van der Waals surface area contributed by atoms with Crippen molar-refractivity contribution in [2.75, 3.05) is 24.9 Å². The predicted molar refractivity (Wildman–Crippen MR) is 121 cm³/mol. The zero-order chi connectivity index (χ0) is 22.9. The Labute approximate surface area is 189 Å². The minimum Gasteiger partial charge on any atom is -0.493 e. The number of anilines is 1. The second-order valence-corrected chi connectivity index (χ2v) is 6.95. The van der Waals surface area contributed by atoms with E-state index in [-0.39, 0.29) is 29.5 Å². The molecule has 3 rings (SSSR count). The fourth-order valence-corrected chi connectivity index (χ4v) is 2.95. The van der Waals surface area contributed by atoms with E-state index in [4.69, 9.17) is 25.8 Å². The standard InChI is InChI=1S/C23H21ClN2O6/c1-30-21-13-19(20(26(28)29)14-22(21)31-12-11-24)23(27)25-17-7-9-18(10-8-17)32-15-16-5-3-2-4-6-16/h2-10,13-14H,11-12,15H2,1H3,(H,25,27). The molecule has 3 aromatic carbocycles. The monoisotopic (exact) mass is 456 g/mol. The third-order valence-electron chi connectivity index (χ3n) is 4.42. The van der Waals surface area contributed by atoms with Gasteiger partial charge in [0.05, 0.1) is 24.0 Å². The molecule has 0 radical (unpaired) electrons. The van der Waals surface area contributed by atoms with Gasteiger partial charge in [-0.15, -0.1) is 11.6 Å². The van der Waals surface area contributed by atoms with Crippen LogP contribution in [-0.4, -0.2) is 30.4 Å². The molecule has 0 atom stereocenters. The molecule has 0 aliphatic heterocycles. The van der Waals surface area contributed by atoms with Crippen LogP contribution in [-0.2, 0) is 6.61 Å². The molecule has 166 valence electrons. The van der Waals surface area contributed by atoms with Crippen LogP contribution in [0.15, 0.2) is 66.7 Å². The quantitative estimate of drug-likeness (QED) is 0.260. The number of halogens is 1. The highest BCUT2D eigenvalue weighted by atomic mass is 35.5. The third-order valence-corrected chi connectivity index (χ3v) is 4.57. The van der Waals surface area contributed by atoms with E-state index in [1.54, 1.807) is 24.3 Å². The van der Waals surface area contributed by atoms with Crippen molar-refractivity contribution in [2.45, 2.75) is 6.61 Å². The molecule has 9 heteroatoms. The number of nitrogens with one attached hydrogen (secondary N) is 1. The van der Waals surface area contributed by atoms with Gasteiger partial charge in [0.25, 0.3) is 11.6 Å². The molecule has 0 bridgehead atoms. The van der Waals surface area contributed by atoms with Crippen molar-refractivity contribution in [1.29, 1.82) is 0 Å². The Balaban J connectivity index is 1.73. The summed E-state index contributed by atoms with van der Waals surface area (Å²) in [7, 11) is 1.38. The first-order chi connectivity index (χ1) is 15.5. The highest BCUT2D eigenvalue weighted by Gasteiger charge is 2.25. The zero-order valence-corrected chi connectivity index (χ0v) is 18.0. The molecule has 0 heterocycles. The molecule has 1 N–H and O–H groups in total. The maximum Gasteiger partial charge on any atom is 0.286 e. The topological polar surface area (TPSA) is 99.9 Å². The van der Waals surface area contributed by atoms with Crippen LogP contribution in [0.2, 0.25) is 0 Å². The van der Waals surface area contributed by atoms with Crippen LogP contribution in [0.3, 0.4) is 0 Å². The van der Waals surface area contributed by atoms with Gasteiger partial charge in [-0.3, -0.25) is 14.9 Å². The van der Waals surface area contributed by atoms with Crippen LogP contribution < -0.4 is 19.5 Å². The first-order valence-corrected chi connectivity index (χ1v) is 10.2. The molecule has 3 aromatic rings. The minimum absolute atomic E-state index is 0.135. The zero-order valence-electron chi connectivity index (χ0n) is 17.2. The van der Waals surface area contributed by atoms with E-state index in [1.165, 1.54) is 13.2 Å². The average molecular weight is 457 g/mol. The number of ether oxygens (including phenoxy) is 3. The van der Waals surface area contributed by atoms with Gasteiger partial charge < -0.3 is 19.5 Å². The molecule has 0 spiro atoms. The van der Waals surface area contributed by atoms with Gasteiger partial charge in [-0.1, -0.05) is 30.3 Å². The summed E-state index contributed by atoms with van der Waals surface area (Å²) in [6.45, 7) is 0.552. The second-order valence-electron chi connectivity index (χ2n) is 6.57. The number of rotatable bonds is 10. The minimum atomic E-state index is -0.656.